The van der Waals surface area contributed by atoms with Crippen molar-refractivity contribution in [1.29, 1.82) is 0 Å². The topological polar surface area (TPSA) is 20.3 Å². The van der Waals surface area contributed by atoms with Gasteiger partial charge in [-0.25, -0.2) is 0 Å². The summed E-state index contributed by atoms with van der Waals surface area (Å²) in [6, 6.07) is 1.37. The Hall–Kier alpha value is -0.370. The molecule has 2 rings (SSSR count). The highest BCUT2D eigenvalue weighted by Gasteiger charge is 2.31. The van der Waals surface area contributed by atoms with Gasteiger partial charge in [0.2, 0.25) is 0 Å². The van der Waals surface area contributed by atoms with E-state index in [1.165, 1.54) is 51.5 Å². The number of hydrogen-bond donors (Lipinski definition) is 0. The lowest BCUT2D eigenvalue weighted by Gasteiger charge is -2.35. The van der Waals surface area contributed by atoms with Crippen molar-refractivity contribution in [2.45, 2.75) is 70.4 Å². The molecule has 15 heavy (non-hydrogen) atoms. The van der Waals surface area contributed by atoms with Gasteiger partial charge in [0.25, 0.3) is 0 Å². The first kappa shape index (κ1) is 11.1. The lowest BCUT2D eigenvalue weighted by atomic mass is 9.93. The number of carbonyl (C=O) groups excluding carboxylic acids is 1. The molecule has 2 nitrogen and oxygen atoms in total. The lowest BCUT2D eigenvalue weighted by molar-refractivity contribution is -0.118. The summed E-state index contributed by atoms with van der Waals surface area (Å²) in [6.07, 6.45) is 10.3. The van der Waals surface area contributed by atoms with Crippen LogP contribution in [0.2, 0.25) is 0 Å². The van der Waals surface area contributed by atoms with E-state index in [1.54, 1.807) is 6.92 Å². The molecule has 0 aromatic carbocycles. The van der Waals surface area contributed by atoms with Crippen molar-refractivity contribution >= 4 is 5.78 Å². The molecule has 1 atom stereocenters. The van der Waals surface area contributed by atoms with E-state index in [0.717, 1.165) is 12.5 Å². The number of likely N-dealkylation sites (tertiary alicyclic amines) is 1. The SMILES string of the molecule is CC(=O)CC1CCCN1C1CCCCC1. The van der Waals surface area contributed by atoms with E-state index in [-0.39, 0.29) is 0 Å². The second kappa shape index (κ2) is 5.11. The molecule has 1 aliphatic heterocycles. The molecule has 2 fully saturated rings. The van der Waals surface area contributed by atoms with Crippen LogP contribution in [0, 0.1) is 0 Å². The van der Waals surface area contributed by atoms with Crippen LogP contribution in [0.1, 0.15) is 58.3 Å². The molecule has 0 aromatic rings. The Labute approximate surface area is 93.0 Å². The largest absolute Gasteiger partial charge is 0.300 e. The molecule has 0 amide bonds. The first-order valence-corrected chi connectivity index (χ1v) is 6.52. The van der Waals surface area contributed by atoms with E-state index in [0.29, 0.717) is 11.8 Å². The Kier molecular flexibility index (Phi) is 3.79. The van der Waals surface area contributed by atoms with Crippen molar-refractivity contribution in [3.05, 3.63) is 0 Å². The van der Waals surface area contributed by atoms with E-state index >= 15 is 0 Å². The summed E-state index contributed by atoms with van der Waals surface area (Å²) in [5.41, 5.74) is 0. The maximum absolute atomic E-state index is 11.2. The van der Waals surface area contributed by atoms with E-state index in [4.69, 9.17) is 0 Å². The summed E-state index contributed by atoms with van der Waals surface area (Å²) in [7, 11) is 0. The summed E-state index contributed by atoms with van der Waals surface area (Å²) in [5, 5.41) is 0. The number of carbonyl (C=O) groups is 1. The van der Waals surface area contributed by atoms with Crippen LogP contribution >= 0.6 is 0 Å². The van der Waals surface area contributed by atoms with Gasteiger partial charge in [-0.1, -0.05) is 19.3 Å². The molecule has 1 saturated heterocycles. The predicted octanol–water partition coefficient (Wildman–Crippen LogP) is 2.76. The van der Waals surface area contributed by atoms with Gasteiger partial charge in [0.15, 0.2) is 0 Å². The third kappa shape index (κ3) is 2.81. The zero-order chi connectivity index (χ0) is 10.7. The minimum atomic E-state index is 0.364. The molecule has 0 bridgehead atoms. The van der Waals surface area contributed by atoms with Gasteiger partial charge in [-0.3, -0.25) is 9.69 Å². The molecule has 2 heteroatoms. The van der Waals surface area contributed by atoms with Crippen LogP contribution in [-0.4, -0.2) is 29.3 Å². The highest BCUT2D eigenvalue weighted by molar-refractivity contribution is 5.76. The Balaban J connectivity index is 1.91. The standard InChI is InChI=1S/C13H23NO/c1-11(15)10-13-8-5-9-14(13)12-6-3-2-4-7-12/h12-13H,2-10H2,1H3. The van der Waals surface area contributed by atoms with E-state index < -0.39 is 0 Å². The van der Waals surface area contributed by atoms with Crippen molar-refractivity contribution in [3.8, 4) is 0 Å². The highest BCUT2D eigenvalue weighted by atomic mass is 16.1. The van der Waals surface area contributed by atoms with Crippen LogP contribution in [0.15, 0.2) is 0 Å². The quantitative estimate of drug-likeness (QED) is 0.712. The molecule has 0 N–H and O–H groups in total. The number of ketones is 1. The number of Topliss-reactive ketones (excluding diaryl/α,β-unsaturated/α-hetero) is 1. The summed E-state index contributed by atoms with van der Waals surface area (Å²) in [5.74, 6) is 0.364. The fourth-order valence-corrected chi connectivity index (χ4v) is 3.30. The molecule has 1 heterocycles. The smallest absolute Gasteiger partial charge is 0.131 e. The molecule has 1 aliphatic carbocycles. The lowest BCUT2D eigenvalue weighted by Crippen LogP contribution is -2.40. The first-order valence-electron chi connectivity index (χ1n) is 6.52. The summed E-state index contributed by atoms with van der Waals surface area (Å²) in [6.45, 7) is 2.97. The van der Waals surface area contributed by atoms with Crippen LogP contribution in [0.3, 0.4) is 0 Å². The van der Waals surface area contributed by atoms with Gasteiger partial charge in [-0.05, 0) is 39.2 Å². The third-order valence-electron chi connectivity index (χ3n) is 3.99. The molecule has 1 unspecified atom stereocenters. The van der Waals surface area contributed by atoms with Crippen LogP contribution in [0.5, 0.6) is 0 Å². The Morgan fingerprint density at radius 2 is 1.87 bits per heavy atom. The fourth-order valence-electron chi connectivity index (χ4n) is 3.30. The number of rotatable bonds is 3. The van der Waals surface area contributed by atoms with Gasteiger partial charge in [0, 0.05) is 18.5 Å². The zero-order valence-electron chi connectivity index (χ0n) is 9.87. The van der Waals surface area contributed by atoms with Gasteiger partial charge in [-0.2, -0.15) is 0 Å². The molecule has 0 aromatic heterocycles. The maximum Gasteiger partial charge on any atom is 0.131 e. The van der Waals surface area contributed by atoms with Gasteiger partial charge < -0.3 is 0 Å². The average molecular weight is 209 g/mol. The molecular formula is C13H23NO. The van der Waals surface area contributed by atoms with E-state index in [1.807, 2.05) is 0 Å². The van der Waals surface area contributed by atoms with Crippen LogP contribution in [-0.2, 0) is 4.79 Å². The molecule has 2 aliphatic rings. The van der Waals surface area contributed by atoms with Crippen molar-refractivity contribution in [1.82, 2.24) is 4.90 Å². The second-order valence-corrected chi connectivity index (χ2v) is 5.23. The van der Waals surface area contributed by atoms with Crippen molar-refractivity contribution in [2.24, 2.45) is 0 Å². The van der Waals surface area contributed by atoms with Crippen LogP contribution in [0.4, 0.5) is 0 Å². The normalized spacial score (nSPS) is 29.5. The molecular weight excluding hydrogens is 186 g/mol. The predicted molar refractivity (Wildman–Crippen MR) is 61.9 cm³/mol. The monoisotopic (exact) mass is 209 g/mol. The first-order chi connectivity index (χ1) is 7.27. The van der Waals surface area contributed by atoms with Gasteiger partial charge in [0.1, 0.15) is 5.78 Å². The van der Waals surface area contributed by atoms with Crippen LogP contribution in [0.25, 0.3) is 0 Å². The Morgan fingerprint density at radius 1 is 1.13 bits per heavy atom. The van der Waals surface area contributed by atoms with Crippen molar-refractivity contribution < 1.29 is 4.79 Å². The van der Waals surface area contributed by atoms with E-state index in [2.05, 4.69) is 4.90 Å². The summed E-state index contributed by atoms with van der Waals surface area (Å²) >= 11 is 0. The Morgan fingerprint density at radius 3 is 2.53 bits per heavy atom. The van der Waals surface area contributed by atoms with Gasteiger partial charge in [-0.15, -0.1) is 0 Å². The minimum Gasteiger partial charge on any atom is -0.300 e. The third-order valence-corrected chi connectivity index (χ3v) is 3.99. The number of nitrogens with zero attached hydrogens (tertiary/aromatic N) is 1. The fraction of sp³-hybridized carbons (Fsp3) is 0.923. The molecule has 0 spiro atoms. The maximum atomic E-state index is 11.2. The number of hydrogen-bond acceptors (Lipinski definition) is 2. The van der Waals surface area contributed by atoms with Crippen LogP contribution < -0.4 is 0 Å². The average Bonchev–Trinajstić information content (AvgIpc) is 2.66. The minimum absolute atomic E-state index is 0.364. The summed E-state index contributed by atoms with van der Waals surface area (Å²) in [4.78, 5) is 13.8. The second-order valence-electron chi connectivity index (χ2n) is 5.23. The highest BCUT2D eigenvalue weighted by Crippen LogP contribution is 2.30. The van der Waals surface area contributed by atoms with E-state index in [9.17, 15) is 4.79 Å². The van der Waals surface area contributed by atoms with Crippen molar-refractivity contribution in [2.75, 3.05) is 6.54 Å². The molecule has 1 saturated carbocycles. The summed E-state index contributed by atoms with van der Waals surface area (Å²) < 4.78 is 0. The molecule has 0 radical (unpaired) electrons. The van der Waals surface area contributed by atoms with Gasteiger partial charge >= 0.3 is 0 Å². The van der Waals surface area contributed by atoms with Crippen molar-refractivity contribution in [3.63, 3.8) is 0 Å². The molecule has 86 valence electrons. The Bertz CT molecular complexity index is 221. The van der Waals surface area contributed by atoms with Gasteiger partial charge in [0.05, 0.1) is 0 Å². The zero-order valence-corrected chi connectivity index (χ0v) is 9.87.